The number of hydrogen-bond donors (Lipinski definition) is 2. The molecular weight excluding hydrogens is 388 g/mol. The Bertz CT molecular complexity index is 769. The van der Waals surface area contributed by atoms with E-state index in [0.29, 0.717) is 47.0 Å². The molecule has 4 nitrogen and oxygen atoms in total. The SMILES string of the molecule is C[C@@H]1CC[C@@]2(OC1)O[C@H]1C[C@H]3[C@@H]4CCC5=C[C@@H](O)[C@H](O)C[C@]5(C)[C@H]4CC[C@]3(C)[C@H]1[C@@H]2C. The second kappa shape index (κ2) is 6.81. The predicted octanol–water partition coefficient (Wildman–Crippen LogP) is 4.68. The molecule has 3 saturated carbocycles. The summed E-state index contributed by atoms with van der Waals surface area (Å²) in [4.78, 5) is 0. The Morgan fingerprint density at radius 1 is 1.03 bits per heavy atom. The summed E-state index contributed by atoms with van der Waals surface area (Å²) < 4.78 is 13.3. The van der Waals surface area contributed by atoms with Crippen LogP contribution in [-0.2, 0) is 9.47 Å². The Balaban J connectivity index is 1.28. The Morgan fingerprint density at radius 3 is 2.58 bits per heavy atom. The largest absolute Gasteiger partial charge is 0.390 e. The highest BCUT2D eigenvalue weighted by atomic mass is 16.7. The summed E-state index contributed by atoms with van der Waals surface area (Å²) in [7, 11) is 0. The molecule has 31 heavy (non-hydrogen) atoms. The summed E-state index contributed by atoms with van der Waals surface area (Å²) in [6.45, 7) is 10.5. The highest BCUT2D eigenvalue weighted by Gasteiger charge is 2.68. The van der Waals surface area contributed by atoms with Gasteiger partial charge in [0.1, 0.15) is 0 Å². The molecule has 2 aliphatic heterocycles. The number of fused-ring (bicyclic) bond motifs is 7. The van der Waals surface area contributed by atoms with Crippen molar-refractivity contribution in [2.75, 3.05) is 6.61 Å². The fraction of sp³-hybridized carbons (Fsp3) is 0.926. The molecule has 174 valence electrons. The Kier molecular flexibility index (Phi) is 4.64. The maximum Gasteiger partial charge on any atom is 0.171 e. The van der Waals surface area contributed by atoms with E-state index >= 15 is 0 Å². The van der Waals surface area contributed by atoms with Crippen LogP contribution in [0, 0.1) is 46.3 Å². The van der Waals surface area contributed by atoms with Crippen LogP contribution in [0.15, 0.2) is 11.6 Å². The zero-order valence-electron chi connectivity index (χ0n) is 19.8. The monoisotopic (exact) mass is 430 g/mol. The Morgan fingerprint density at radius 2 is 1.84 bits per heavy atom. The van der Waals surface area contributed by atoms with Gasteiger partial charge in [0.25, 0.3) is 0 Å². The van der Waals surface area contributed by atoms with Crippen LogP contribution in [0.3, 0.4) is 0 Å². The molecule has 0 amide bonds. The van der Waals surface area contributed by atoms with E-state index in [2.05, 4.69) is 27.7 Å². The maximum atomic E-state index is 10.5. The molecule has 2 saturated heterocycles. The van der Waals surface area contributed by atoms with Gasteiger partial charge in [-0.25, -0.2) is 0 Å². The quantitative estimate of drug-likeness (QED) is 0.548. The molecule has 12 atom stereocenters. The number of aliphatic hydroxyl groups is 2. The van der Waals surface area contributed by atoms with E-state index in [1.165, 1.54) is 37.7 Å². The molecule has 2 N–H and O–H groups in total. The van der Waals surface area contributed by atoms with Crippen molar-refractivity contribution in [1.29, 1.82) is 0 Å². The van der Waals surface area contributed by atoms with Crippen molar-refractivity contribution in [3.8, 4) is 0 Å². The van der Waals surface area contributed by atoms with Gasteiger partial charge in [-0.1, -0.05) is 39.3 Å². The Hall–Kier alpha value is -0.420. The Labute approximate surface area is 187 Å². The number of allylic oxidation sites excluding steroid dienone is 1. The maximum absolute atomic E-state index is 10.5. The third-order valence-electron chi connectivity index (χ3n) is 11.4. The van der Waals surface area contributed by atoms with Crippen molar-refractivity contribution in [2.45, 2.75) is 103 Å². The van der Waals surface area contributed by atoms with Crippen LogP contribution >= 0.6 is 0 Å². The third-order valence-corrected chi connectivity index (χ3v) is 11.4. The molecule has 1 spiro atoms. The average molecular weight is 431 g/mol. The van der Waals surface area contributed by atoms with E-state index in [1.807, 2.05) is 6.08 Å². The van der Waals surface area contributed by atoms with Gasteiger partial charge in [-0.3, -0.25) is 0 Å². The topological polar surface area (TPSA) is 58.9 Å². The normalized spacial score (nSPS) is 60.7. The van der Waals surface area contributed by atoms with Crippen LogP contribution in [0.1, 0.15) is 79.1 Å². The van der Waals surface area contributed by atoms with Gasteiger partial charge in [0.2, 0.25) is 0 Å². The van der Waals surface area contributed by atoms with Crippen molar-refractivity contribution < 1.29 is 19.7 Å². The zero-order chi connectivity index (χ0) is 21.8. The molecule has 0 aromatic carbocycles. The molecule has 0 aromatic heterocycles. The third kappa shape index (κ3) is 2.74. The van der Waals surface area contributed by atoms with Crippen molar-refractivity contribution in [3.63, 3.8) is 0 Å². The van der Waals surface area contributed by atoms with E-state index in [1.54, 1.807) is 0 Å². The minimum atomic E-state index is -0.678. The van der Waals surface area contributed by atoms with Gasteiger partial charge in [0.15, 0.2) is 5.79 Å². The van der Waals surface area contributed by atoms with Gasteiger partial charge < -0.3 is 19.7 Å². The summed E-state index contributed by atoms with van der Waals surface area (Å²) in [6, 6.07) is 0. The fourth-order valence-electron chi connectivity index (χ4n) is 9.77. The zero-order valence-corrected chi connectivity index (χ0v) is 19.8. The van der Waals surface area contributed by atoms with Crippen molar-refractivity contribution in [3.05, 3.63) is 11.6 Å². The van der Waals surface area contributed by atoms with Crippen LogP contribution in [0.4, 0.5) is 0 Å². The molecule has 6 aliphatic rings. The summed E-state index contributed by atoms with van der Waals surface area (Å²) in [6.07, 6.45) is 10.1. The van der Waals surface area contributed by atoms with E-state index < -0.39 is 12.2 Å². The first kappa shape index (κ1) is 21.1. The van der Waals surface area contributed by atoms with Crippen LogP contribution in [0.5, 0.6) is 0 Å². The lowest BCUT2D eigenvalue weighted by molar-refractivity contribution is -0.272. The standard InChI is InChI=1S/C27H42O4/c1-15-7-10-27(30-14-15)16(2)24-23(31-27)12-20-18-6-5-17-11-21(28)22(29)13-26(17,4)19(18)8-9-25(20,24)3/h11,15-16,18-24,28-29H,5-10,12-14H2,1-4H3/t15-,16+,18-,19+,20+,21-,22-,23+,24+,25+,26+,27-/m1/s1. The van der Waals surface area contributed by atoms with E-state index in [9.17, 15) is 10.2 Å². The predicted molar refractivity (Wildman–Crippen MR) is 119 cm³/mol. The molecule has 4 aliphatic carbocycles. The lowest BCUT2D eigenvalue weighted by Crippen LogP contribution is -2.54. The van der Waals surface area contributed by atoms with Gasteiger partial charge >= 0.3 is 0 Å². The molecule has 0 bridgehead atoms. The highest BCUT2D eigenvalue weighted by Crippen LogP contribution is 2.71. The summed E-state index contributed by atoms with van der Waals surface area (Å²) >= 11 is 0. The first-order valence-corrected chi connectivity index (χ1v) is 13.1. The first-order valence-electron chi connectivity index (χ1n) is 13.1. The number of ether oxygens (including phenoxy) is 2. The average Bonchev–Trinajstić information content (AvgIpc) is 3.16. The number of rotatable bonds is 0. The molecule has 0 unspecified atom stereocenters. The van der Waals surface area contributed by atoms with E-state index in [0.717, 1.165) is 25.9 Å². The summed E-state index contributed by atoms with van der Waals surface area (Å²) in [5, 5.41) is 20.7. The van der Waals surface area contributed by atoms with Gasteiger partial charge in [0, 0.05) is 12.3 Å². The minimum absolute atomic E-state index is 0.0525. The van der Waals surface area contributed by atoms with E-state index in [-0.39, 0.29) is 11.2 Å². The lowest BCUT2D eigenvalue weighted by Gasteiger charge is -2.59. The molecule has 6 rings (SSSR count). The molecule has 4 heteroatoms. The number of hydrogen-bond acceptors (Lipinski definition) is 4. The smallest absolute Gasteiger partial charge is 0.171 e. The second-order valence-electron chi connectivity index (χ2n) is 12.8. The van der Waals surface area contributed by atoms with Crippen LogP contribution in [0.2, 0.25) is 0 Å². The van der Waals surface area contributed by atoms with Gasteiger partial charge in [-0.15, -0.1) is 0 Å². The van der Waals surface area contributed by atoms with Crippen molar-refractivity contribution >= 4 is 0 Å². The number of aliphatic hydroxyl groups excluding tert-OH is 2. The summed E-state index contributed by atoms with van der Waals surface area (Å²) in [5.41, 5.74) is 1.81. The minimum Gasteiger partial charge on any atom is -0.390 e. The lowest BCUT2D eigenvalue weighted by atomic mass is 9.46. The van der Waals surface area contributed by atoms with Gasteiger partial charge in [-0.05, 0) is 85.4 Å². The molecule has 5 fully saturated rings. The molecule has 0 radical (unpaired) electrons. The van der Waals surface area contributed by atoms with Crippen LogP contribution in [0.25, 0.3) is 0 Å². The van der Waals surface area contributed by atoms with Crippen molar-refractivity contribution in [1.82, 2.24) is 0 Å². The van der Waals surface area contributed by atoms with Crippen molar-refractivity contribution in [2.24, 2.45) is 46.3 Å². The van der Waals surface area contributed by atoms with Gasteiger partial charge in [-0.2, -0.15) is 0 Å². The van der Waals surface area contributed by atoms with Crippen LogP contribution in [-0.4, -0.2) is 40.9 Å². The molecule has 0 aromatic rings. The fourth-order valence-corrected chi connectivity index (χ4v) is 9.77. The van der Waals surface area contributed by atoms with E-state index in [4.69, 9.17) is 9.47 Å². The van der Waals surface area contributed by atoms with Crippen LogP contribution < -0.4 is 0 Å². The summed E-state index contributed by atoms with van der Waals surface area (Å²) in [5.74, 6) is 3.45. The molecular formula is C27H42O4. The van der Waals surface area contributed by atoms with Gasteiger partial charge in [0.05, 0.1) is 24.9 Å². The highest BCUT2D eigenvalue weighted by molar-refractivity contribution is 5.27. The first-order chi connectivity index (χ1) is 14.7. The second-order valence-corrected chi connectivity index (χ2v) is 12.8. The molecule has 2 heterocycles.